The summed E-state index contributed by atoms with van der Waals surface area (Å²) < 4.78 is 0. The van der Waals surface area contributed by atoms with Crippen molar-refractivity contribution in [2.24, 2.45) is 0 Å². The maximum Gasteiger partial charge on any atom is 0.0407 e. The van der Waals surface area contributed by atoms with Crippen LogP contribution in [0.3, 0.4) is 0 Å². The molecule has 0 aliphatic carbocycles. The first-order chi connectivity index (χ1) is 7.58. The summed E-state index contributed by atoms with van der Waals surface area (Å²) in [7, 11) is 2.19. The highest BCUT2D eigenvalue weighted by Crippen LogP contribution is 2.23. The number of piperazine rings is 1. The van der Waals surface area contributed by atoms with Gasteiger partial charge in [0.25, 0.3) is 0 Å². The Morgan fingerprint density at radius 3 is 2.31 bits per heavy atom. The molecule has 0 spiro atoms. The van der Waals surface area contributed by atoms with E-state index < -0.39 is 0 Å². The molecule has 0 unspecified atom stereocenters. The van der Waals surface area contributed by atoms with Gasteiger partial charge in [-0.15, -0.1) is 0 Å². The predicted molar refractivity (Wildman–Crippen MR) is 70.4 cm³/mol. The minimum absolute atomic E-state index is 0.558. The second-order valence-corrected chi connectivity index (χ2v) is 5.20. The molecule has 1 aliphatic heterocycles. The smallest absolute Gasteiger partial charge is 0.0407 e. The molecule has 0 saturated carbocycles. The van der Waals surface area contributed by atoms with E-state index in [2.05, 4.69) is 42.8 Å². The molecule has 2 atom stereocenters. The van der Waals surface area contributed by atoms with E-state index in [1.165, 1.54) is 5.69 Å². The van der Waals surface area contributed by atoms with Crippen LogP contribution in [0.25, 0.3) is 0 Å². The van der Waals surface area contributed by atoms with E-state index in [4.69, 9.17) is 11.6 Å². The summed E-state index contributed by atoms with van der Waals surface area (Å²) in [5.41, 5.74) is 1.27. The highest BCUT2D eigenvalue weighted by molar-refractivity contribution is 6.30. The summed E-state index contributed by atoms with van der Waals surface area (Å²) in [6.07, 6.45) is 0. The van der Waals surface area contributed by atoms with Crippen molar-refractivity contribution >= 4 is 17.3 Å². The second kappa shape index (κ2) is 4.64. The molecule has 3 heteroatoms. The van der Waals surface area contributed by atoms with Gasteiger partial charge in [-0.2, -0.15) is 0 Å². The molecule has 1 fully saturated rings. The molecule has 0 N–H and O–H groups in total. The van der Waals surface area contributed by atoms with Crippen LogP contribution in [0, 0.1) is 0 Å². The molecule has 0 radical (unpaired) electrons. The lowest BCUT2D eigenvalue weighted by Crippen LogP contribution is -2.55. The van der Waals surface area contributed by atoms with Crippen LogP contribution >= 0.6 is 11.6 Å². The van der Waals surface area contributed by atoms with E-state index >= 15 is 0 Å². The molecular formula is C13H19ClN2. The molecule has 2 rings (SSSR count). The van der Waals surface area contributed by atoms with Crippen molar-refractivity contribution in [3.63, 3.8) is 0 Å². The summed E-state index contributed by atoms with van der Waals surface area (Å²) in [4.78, 5) is 4.87. The van der Waals surface area contributed by atoms with Crippen molar-refractivity contribution in [2.45, 2.75) is 25.9 Å². The van der Waals surface area contributed by atoms with E-state index in [0.29, 0.717) is 12.1 Å². The highest BCUT2D eigenvalue weighted by atomic mass is 35.5. The van der Waals surface area contributed by atoms with E-state index in [-0.39, 0.29) is 0 Å². The molecule has 16 heavy (non-hydrogen) atoms. The highest BCUT2D eigenvalue weighted by Gasteiger charge is 2.26. The molecule has 1 heterocycles. The third-order valence-electron chi connectivity index (χ3n) is 3.46. The summed E-state index contributed by atoms with van der Waals surface area (Å²) >= 11 is 5.91. The first-order valence-electron chi connectivity index (χ1n) is 5.80. The van der Waals surface area contributed by atoms with Gasteiger partial charge in [0.05, 0.1) is 0 Å². The fourth-order valence-corrected chi connectivity index (χ4v) is 2.42. The Bertz CT molecular complexity index is 349. The molecular weight excluding hydrogens is 220 g/mol. The van der Waals surface area contributed by atoms with Gasteiger partial charge in [-0.1, -0.05) is 11.6 Å². The van der Waals surface area contributed by atoms with E-state index in [1.54, 1.807) is 0 Å². The third kappa shape index (κ3) is 2.33. The number of rotatable bonds is 1. The van der Waals surface area contributed by atoms with Gasteiger partial charge in [0.2, 0.25) is 0 Å². The SMILES string of the molecule is C[C@@H]1CN(c2ccc(Cl)cc2)[C@@H](C)CN1C. The van der Waals surface area contributed by atoms with Crippen LogP contribution in [0.5, 0.6) is 0 Å². The number of benzene rings is 1. The van der Waals surface area contributed by atoms with Crippen molar-refractivity contribution in [3.05, 3.63) is 29.3 Å². The van der Waals surface area contributed by atoms with Crippen LogP contribution < -0.4 is 4.90 Å². The van der Waals surface area contributed by atoms with Crippen LogP contribution in [0.15, 0.2) is 24.3 Å². The van der Waals surface area contributed by atoms with Gasteiger partial charge >= 0.3 is 0 Å². The molecule has 0 amide bonds. The van der Waals surface area contributed by atoms with Crippen LogP contribution in [-0.2, 0) is 0 Å². The molecule has 1 aliphatic rings. The maximum atomic E-state index is 5.91. The zero-order valence-electron chi connectivity index (χ0n) is 10.2. The number of halogens is 1. The first-order valence-corrected chi connectivity index (χ1v) is 6.18. The van der Waals surface area contributed by atoms with Crippen LogP contribution in [0.2, 0.25) is 5.02 Å². The number of hydrogen-bond acceptors (Lipinski definition) is 2. The second-order valence-electron chi connectivity index (χ2n) is 4.77. The predicted octanol–water partition coefficient (Wildman–Crippen LogP) is 2.87. The van der Waals surface area contributed by atoms with Gasteiger partial charge in [0.15, 0.2) is 0 Å². The van der Waals surface area contributed by atoms with Crippen molar-refractivity contribution in [1.29, 1.82) is 0 Å². The number of anilines is 1. The average molecular weight is 239 g/mol. The standard InChI is InChI=1S/C13H19ClN2/c1-10-9-16(11(2)8-15(10)3)13-6-4-12(14)5-7-13/h4-7,10-11H,8-9H2,1-3H3/t10-,11+/m1/s1. The first kappa shape index (κ1) is 11.7. The minimum atomic E-state index is 0.558. The average Bonchev–Trinajstić information content (AvgIpc) is 2.25. The van der Waals surface area contributed by atoms with Crippen molar-refractivity contribution in [1.82, 2.24) is 4.90 Å². The zero-order chi connectivity index (χ0) is 11.7. The molecule has 0 aromatic heterocycles. The molecule has 1 saturated heterocycles. The summed E-state index contributed by atoms with van der Waals surface area (Å²) in [5, 5.41) is 0.804. The Labute approximate surface area is 103 Å². The minimum Gasteiger partial charge on any atom is -0.366 e. The lowest BCUT2D eigenvalue weighted by Gasteiger charge is -2.43. The van der Waals surface area contributed by atoms with Gasteiger partial charge in [0.1, 0.15) is 0 Å². The van der Waals surface area contributed by atoms with E-state index in [1.807, 2.05) is 12.1 Å². The fraction of sp³-hybridized carbons (Fsp3) is 0.538. The molecule has 2 nitrogen and oxygen atoms in total. The molecule has 1 aromatic rings. The quantitative estimate of drug-likeness (QED) is 0.743. The largest absolute Gasteiger partial charge is 0.366 e. The number of nitrogens with zero attached hydrogens (tertiary/aromatic N) is 2. The monoisotopic (exact) mass is 238 g/mol. The summed E-state index contributed by atoms with van der Waals surface area (Å²) in [5.74, 6) is 0. The fourth-order valence-electron chi connectivity index (χ4n) is 2.29. The number of hydrogen-bond donors (Lipinski definition) is 0. The van der Waals surface area contributed by atoms with E-state index in [9.17, 15) is 0 Å². The Kier molecular flexibility index (Phi) is 3.41. The Hall–Kier alpha value is -0.730. The lowest BCUT2D eigenvalue weighted by molar-refractivity contribution is 0.206. The Balaban J connectivity index is 2.17. The van der Waals surface area contributed by atoms with Gasteiger partial charge in [0, 0.05) is 35.9 Å². The van der Waals surface area contributed by atoms with Gasteiger partial charge in [-0.3, -0.25) is 4.90 Å². The van der Waals surface area contributed by atoms with Gasteiger partial charge in [-0.25, -0.2) is 0 Å². The normalized spacial score (nSPS) is 27.1. The van der Waals surface area contributed by atoms with Gasteiger partial charge in [-0.05, 0) is 45.2 Å². The zero-order valence-corrected chi connectivity index (χ0v) is 10.9. The third-order valence-corrected chi connectivity index (χ3v) is 3.71. The molecule has 1 aromatic carbocycles. The Morgan fingerprint density at radius 2 is 1.69 bits per heavy atom. The maximum absolute atomic E-state index is 5.91. The van der Waals surface area contributed by atoms with Gasteiger partial charge < -0.3 is 4.90 Å². The van der Waals surface area contributed by atoms with Crippen molar-refractivity contribution in [2.75, 3.05) is 25.0 Å². The van der Waals surface area contributed by atoms with Crippen molar-refractivity contribution < 1.29 is 0 Å². The lowest BCUT2D eigenvalue weighted by atomic mass is 10.1. The number of likely N-dealkylation sites (N-methyl/N-ethyl adjacent to an activating group) is 1. The Morgan fingerprint density at radius 1 is 1.06 bits per heavy atom. The van der Waals surface area contributed by atoms with E-state index in [0.717, 1.165) is 18.1 Å². The van der Waals surface area contributed by atoms with Crippen LogP contribution in [-0.4, -0.2) is 37.1 Å². The van der Waals surface area contributed by atoms with Crippen molar-refractivity contribution in [3.8, 4) is 0 Å². The molecule has 0 bridgehead atoms. The van der Waals surface area contributed by atoms with Crippen LogP contribution in [0.4, 0.5) is 5.69 Å². The summed E-state index contributed by atoms with van der Waals surface area (Å²) in [6.45, 7) is 6.74. The topological polar surface area (TPSA) is 6.48 Å². The summed E-state index contributed by atoms with van der Waals surface area (Å²) in [6, 6.07) is 9.31. The van der Waals surface area contributed by atoms with Crippen LogP contribution in [0.1, 0.15) is 13.8 Å². The molecule has 88 valence electrons.